The van der Waals surface area contributed by atoms with Crippen molar-refractivity contribution in [3.05, 3.63) is 41.2 Å². The van der Waals surface area contributed by atoms with Crippen LogP contribution in [0.25, 0.3) is 0 Å². The Labute approximate surface area is 89.7 Å². The largest absolute Gasteiger partial charge is 0.269 e. The van der Waals surface area contributed by atoms with E-state index in [4.69, 9.17) is 11.6 Å². The molecule has 2 amide bonds. The van der Waals surface area contributed by atoms with Crippen LogP contribution in [0.5, 0.6) is 0 Å². The van der Waals surface area contributed by atoms with Crippen molar-refractivity contribution in [2.75, 3.05) is 4.90 Å². The lowest BCUT2D eigenvalue weighted by Crippen LogP contribution is -2.30. The van der Waals surface area contributed by atoms with Gasteiger partial charge in [-0.25, -0.2) is 9.29 Å². The van der Waals surface area contributed by atoms with Crippen LogP contribution in [-0.4, -0.2) is 11.8 Å². The lowest BCUT2D eigenvalue weighted by atomic mass is 10.2. The molecule has 1 aromatic rings. The van der Waals surface area contributed by atoms with Gasteiger partial charge in [0.2, 0.25) is 0 Å². The van der Waals surface area contributed by atoms with E-state index in [1.165, 1.54) is 12.1 Å². The van der Waals surface area contributed by atoms with Crippen LogP contribution in [0.15, 0.2) is 30.4 Å². The van der Waals surface area contributed by atoms with E-state index in [0.29, 0.717) is 4.90 Å². The molecule has 1 aromatic carbocycles. The number of para-hydroxylation sites is 1. The number of hydrogen-bond acceptors (Lipinski definition) is 2. The van der Waals surface area contributed by atoms with Crippen LogP contribution in [0.3, 0.4) is 0 Å². The SMILES string of the molecule is O=C1C=CC(=O)N1c1c(F)cccc1Cl. The van der Waals surface area contributed by atoms with Crippen LogP contribution >= 0.6 is 11.6 Å². The highest BCUT2D eigenvalue weighted by molar-refractivity contribution is 6.37. The van der Waals surface area contributed by atoms with Gasteiger partial charge in [-0.15, -0.1) is 0 Å². The van der Waals surface area contributed by atoms with Gasteiger partial charge in [-0.05, 0) is 12.1 Å². The maximum atomic E-state index is 13.4. The third kappa shape index (κ3) is 1.53. The Kier molecular flexibility index (Phi) is 2.28. The molecule has 2 rings (SSSR count). The Balaban J connectivity index is 2.55. The Morgan fingerprint density at radius 3 is 2.27 bits per heavy atom. The first-order chi connectivity index (χ1) is 7.11. The molecule has 0 saturated carbocycles. The number of anilines is 1. The van der Waals surface area contributed by atoms with Gasteiger partial charge >= 0.3 is 0 Å². The number of hydrogen-bond donors (Lipinski definition) is 0. The van der Waals surface area contributed by atoms with Gasteiger partial charge in [0.1, 0.15) is 11.5 Å². The summed E-state index contributed by atoms with van der Waals surface area (Å²) in [5, 5.41) is 0.0281. The van der Waals surface area contributed by atoms with Gasteiger partial charge in [0.05, 0.1) is 5.02 Å². The Hall–Kier alpha value is -1.68. The summed E-state index contributed by atoms with van der Waals surface area (Å²) in [4.78, 5) is 23.3. The van der Waals surface area contributed by atoms with Gasteiger partial charge in [-0.2, -0.15) is 0 Å². The molecule has 1 aliphatic rings. The van der Waals surface area contributed by atoms with E-state index in [9.17, 15) is 14.0 Å². The van der Waals surface area contributed by atoms with Gasteiger partial charge in [0.15, 0.2) is 0 Å². The summed E-state index contributed by atoms with van der Waals surface area (Å²) in [5.74, 6) is -1.88. The molecule has 0 spiro atoms. The fourth-order valence-electron chi connectivity index (χ4n) is 1.32. The molecule has 76 valence electrons. The molecule has 0 radical (unpaired) electrons. The second kappa shape index (κ2) is 3.47. The van der Waals surface area contributed by atoms with Crippen molar-refractivity contribution in [1.29, 1.82) is 0 Å². The zero-order chi connectivity index (χ0) is 11.0. The number of halogens is 2. The van der Waals surface area contributed by atoms with Gasteiger partial charge in [0.25, 0.3) is 11.8 Å². The van der Waals surface area contributed by atoms with E-state index in [-0.39, 0.29) is 10.7 Å². The molecule has 0 bridgehead atoms. The molecule has 1 aliphatic heterocycles. The highest BCUT2D eigenvalue weighted by atomic mass is 35.5. The van der Waals surface area contributed by atoms with Crippen molar-refractivity contribution < 1.29 is 14.0 Å². The molecule has 3 nitrogen and oxygen atoms in total. The summed E-state index contributed by atoms with van der Waals surface area (Å²) >= 11 is 5.73. The van der Waals surface area contributed by atoms with Crippen molar-refractivity contribution >= 4 is 29.1 Å². The number of carbonyl (C=O) groups is 2. The molecule has 0 saturated heterocycles. The Bertz CT molecular complexity index is 446. The maximum absolute atomic E-state index is 13.4. The molecule has 15 heavy (non-hydrogen) atoms. The predicted molar refractivity (Wildman–Crippen MR) is 53.0 cm³/mol. The minimum atomic E-state index is -0.701. The van der Waals surface area contributed by atoms with Crippen molar-refractivity contribution in [3.8, 4) is 0 Å². The number of amides is 2. The zero-order valence-corrected chi connectivity index (χ0v) is 8.16. The molecule has 0 atom stereocenters. The summed E-state index contributed by atoms with van der Waals surface area (Å²) in [5.41, 5.74) is -0.195. The van der Waals surface area contributed by atoms with E-state index in [0.717, 1.165) is 18.2 Å². The highest BCUT2D eigenvalue weighted by Gasteiger charge is 2.29. The number of imide groups is 1. The van der Waals surface area contributed by atoms with E-state index in [2.05, 4.69) is 0 Å². The van der Waals surface area contributed by atoms with Crippen LogP contribution < -0.4 is 4.90 Å². The topological polar surface area (TPSA) is 37.4 Å². The molecule has 0 N–H and O–H groups in total. The van der Waals surface area contributed by atoms with Crippen molar-refractivity contribution in [2.24, 2.45) is 0 Å². The van der Waals surface area contributed by atoms with E-state index < -0.39 is 17.6 Å². The summed E-state index contributed by atoms with van der Waals surface area (Å²) < 4.78 is 13.4. The number of rotatable bonds is 1. The van der Waals surface area contributed by atoms with Crippen LogP contribution in [0.1, 0.15) is 0 Å². The molecule has 0 aliphatic carbocycles. The summed E-state index contributed by atoms with van der Waals surface area (Å²) in [6.45, 7) is 0. The molecule has 1 heterocycles. The first-order valence-electron chi connectivity index (χ1n) is 4.11. The first kappa shape index (κ1) is 9.86. The van der Waals surface area contributed by atoms with E-state index >= 15 is 0 Å². The van der Waals surface area contributed by atoms with Crippen LogP contribution in [0.4, 0.5) is 10.1 Å². The smallest absolute Gasteiger partial charge is 0.258 e. The van der Waals surface area contributed by atoms with Gasteiger partial charge < -0.3 is 0 Å². The Morgan fingerprint density at radius 1 is 1.13 bits per heavy atom. The zero-order valence-electron chi connectivity index (χ0n) is 7.41. The summed E-state index contributed by atoms with van der Waals surface area (Å²) in [7, 11) is 0. The fourth-order valence-corrected chi connectivity index (χ4v) is 1.57. The maximum Gasteiger partial charge on any atom is 0.258 e. The minimum Gasteiger partial charge on any atom is -0.269 e. The third-order valence-corrected chi connectivity index (χ3v) is 2.28. The average molecular weight is 226 g/mol. The summed E-state index contributed by atoms with van der Waals surface area (Å²) in [6.07, 6.45) is 2.15. The molecule has 0 aromatic heterocycles. The van der Waals surface area contributed by atoms with Gasteiger partial charge in [0, 0.05) is 12.2 Å². The Morgan fingerprint density at radius 2 is 1.73 bits per heavy atom. The average Bonchev–Trinajstić information content (AvgIpc) is 2.49. The standard InChI is InChI=1S/C10H5ClFNO2/c11-6-2-1-3-7(12)10(6)13-8(14)4-5-9(13)15/h1-5H. The molecular formula is C10H5ClFNO2. The van der Waals surface area contributed by atoms with Crippen LogP contribution in [-0.2, 0) is 9.59 Å². The quantitative estimate of drug-likeness (QED) is 0.685. The molecule has 0 unspecified atom stereocenters. The van der Waals surface area contributed by atoms with Crippen molar-refractivity contribution in [3.63, 3.8) is 0 Å². The van der Waals surface area contributed by atoms with Crippen LogP contribution in [0.2, 0.25) is 5.02 Å². The van der Waals surface area contributed by atoms with Crippen LogP contribution in [0, 0.1) is 5.82 Å². The number of benzene rings is 1. The lowest BCUT2D eigenvalue weighted by molar-refractivity contribution is -0.120. The normalized spacial score (nSPS) is 15.2. The highest BCUT2D eigenvalue weighted by Crippen LogP contribution is 2.30. The predicted octanol–water partition coefficient (Wildman–Crippen LogP) is 1.91. The lowest BCUT2D eigenvalue weighted by Gasteiger charge is -2.15. The monoisotopic (exact) mass is 225 g/mol. The molecule has 0 fully saturated rings. The van der Waals surface area contributed by atoms with E-state index in [1.807, 2.05) is 0 Å². The minimum absolute atomic E-state index is 0.0281. The van der Waals surface area contributed by atoms with Gasteiger partial charge in [-0.1, -0.05) is 17.7 Å². The van der Waals surface area contributed by atoms with Crippen molar-refractivity contribution in [1.82, 2.24) is 0 Å². The summed E-state index contributed by atoms with van der Waals surface area (Å²) in [6, 6.07) is 3.96. The molecular weight excluding hydrogens is 221 g/mol. The van der Waals surface area contributed by atoms with E-state index in [1.54, 1.807) is 0 Å². The second-order valence-electron chi connectivity index (χ2n) is 2.92. The van der Waals surface area contributed by atoms with Crippen molar-refractivity contribution in [2.45, 2.75) is 0 Å². The first-order valence-corrected chi connectivity index (χ1v) is 4.49. The third-order valence-electron chi connectivity index (χ3n) is 1.97. The number of carbonyl (C=O) groups excluding carboxylic acids is 2. The molecule has 5 heteroatoms. The second-order valence-corrected chi connectivity index (χ2v) is 3.32. The fraction of sp³-hybridized carbons (Fsp3) is 0. The van der Waals surface area contributed by atoms with Gasteiger partial charge in [-0.3, -0.25) is 9.59 Å². The number of nitrogens with zero attached hydrogens (tertiary/aromatic N) is 1.